The molecule has 2 aromatic carbocycles. The normalized spacial score (nSPS) is 16.1. The lowest BCUT2D eigenvalue weighted by Crippen LogP contribution is -2.16. The van der Waals surface area contributed by atoms with Crippen molar-refractivity contribution >= 4 is 0 Å². The molecule has 0 spiro atoms. The van der Waals surface area contributed by atoms with Gasteiger partial charge in [-0.3, -0.25) is 0 Å². The number of halogens is 1. The van der Waals surface area contributed by atoms with Gasteiger partial charge in [0.15, 0.2) is 0 Å². The van der Waals surface area contributed by atoms with Gasteiger partial charge in [0.05, 0.1) is 6.54 Å². The molecule has 5 heteroatoms. The molecule has 1 atom stereocenters. The molecule has 1 aliphatic rings. The van der Waals surface area contributed by atoms with E-state index >= 15 is 0 Å². The van der Waals surface area contributed by atoms with Gasteiger partial charge in [0.25, 0.3) is 0 Å². The summed E-state index contributed by atoms with van der Waals surface area (Å²) in [5, 5.41) is 3.50. The Labute approximate surface area is 115 Å². The van der Waals surface area contributed by atoms with Gasteiger partial charge in [0, 0.05) is 22.5 Å². The number of hydrogen-bond donors (Lipinski definition) is 0. The molecule has 0 aliphatic carbocycles. The molecule has 0 N–H and O–H groups in total. The summed E-state index contributed by atoms with van der Waals surface area (Å²) in [7, 11) is 0. The van der Waals surface area contributed by atoms with Gasteiger partial charge in [0.2, 0.25) is 0 Å². The highest BCUT2D eigenvalue weighted by Gasteiger charge is 2.28. The summed E-state index contributed by atoms with van der Waals surface area (Å²) in [4.78, 5) is 2.72. The summed E-state index contributed by atoms with van der Waals surface area (Å²) in [5.41, 5.74) is 10.8. The molecule has 0 saturated carbocycles. The minimum atomic E-state index is -0.291. The molecule has 1 heterocycles. The zero-order valence-electron chi connectivity index (χ0n) is 10.7. The third kappa shape index (κ3) is 2.19. The number of benzene rings is 2. The number of hydrogen-bond acceptors (Lipinski definition) is 2. The zero-order valence-corrected chi connectivity index (χ0v) is 10.7. The van der Waals surface area contributed by atoms with Gasteiger partial charge in [-0.15, -0.1) is 0 Å². The first kappa shape index (κ1) is 12.5. The van der Waals surface area contributed by atoms with Crippen molar-refractivity contribution in [2.45, 2.75) is 12.5 Å². The molecule has 0 amide bonds. The maximum absolute atomic E-state index is 13.9. The first-order valence-electron chi connectivity index (χ1n) is 6.34. The molecule has 1 aliphatic heterocycles. The summed E-state index contributed by atoms with van der Waals surface area (Å²) < 4.78 is 19.7. The van der Waals surface area contributed by atoms with Crippen LogP contribution < -0.4 is 4.74 Å². The third-order valence-corrected chi connectivity index (χ3v) is 3.35. The molecule has 3 rings (SSSR count). The Kier molecular flexibility index (Phi) is 3.27. The van der Waals surface area contributed by atoms with Crippen molar-refractivity contribution in [3.05, 3.63) is 64.3 Å². The molecule has 2 aromatic rings. The summed E-state index contributed by atoms with van der Waals surface area (Å²) in [6.45, 7) is 0.207. The summed E-state index contributed by atoms with van der Waals surface area (Å²) in [6.07, 6.45) is 0.140. The Morgan fingerprint density at radius 1 is 1.25 bits per heavy atom. The highest BCUT2D eigenvalue weighted by atomic mass is 19.1. The van der Waals surface area contributed by atoms with Crippen LogP contribution in [0, 0.1) is 5.82 Å². The van der Waals surface area contributed by atoms with Crippen LogP contribution in [0.15, 0.2) is 47.6 Å². The van der Waals surface area contributed by atoms with E-state index in [0.29, 0.717) is 17.7 Å². The van der Waals surface area contributed by atoms with Crippen molar-refractivity contribution in [1.82, 2.24) is 0 Å². The Balaban J connectivity index is 2.01. The summed E-state index contributed by atoms with van der Waals surface area (Å²) in [6, 6.07) is 12.9. The zero-order chi connectivity index (χ0) is 13.9. The smallest absolute Gasteiger partial charge is 0.133 e. The fourth-order valence-corrected chi connectivity index (χ4v) is 2.44. The van der Waals surface area contributed by atoms with Crippen LogP contribution in [0.5, 0.6) is 5.75 Å². The van der Waals surface area contributed by atoms with E-state index in [2.05, 4.69) is 10.0 Å². The minimum absolute atomic E-state index is 0.207. The Hall–Kier alpha value is -2.52. The van der Waals surface area contributed by atoms with Crippen molar-refractivity contribution < 1.29 is 9.13 Å². The molecular weight excluding hydrogens is 257 g/mol. The highest BCUT2D eigenvalue weighted by molar-refractivity contribution is 5.73. The van der Waals surface area contributed by atoms with Crippen LogP contribution in [0.2, 0.25) is 0 Å². The van der Waals surface area contributed by atoms with Gasteiger partial charge < -0.3 is 4.74 Å². The molecule has 0 aromatic heterocycles. The Morgan fingerprint density at radius 2 is 2.05 bits per heavy atom. The van der Waals surface area contributed by atoms with Gasteiger partial charge in [-0.2, -0.15) is 0 Å². The lowest BCUT2D eigenvalue weighted by atomic mass is 10.00. The van der Waals surface area contributed by atoms with Gasteiger partial charge in [-0.05, 0) is 23.2 Å². The second kappa shape index (κ2) is 5.23. The van der Waals surface area contributed by atoms with E-state index in [1.807, 2.05) is 30.3 Å². The van der Waals surface area contributed by atoms with Crippen LogP contribution in [-0.2, 0) is 6.42 Å². The van der Waals surface area contributed by atoms with E-state index in [1.54, 1.807) is 6.07 Å². The number of azide groups is 1. The monoisotopic (exact) mass is 269 g/mol. The van der Waals surface area contributed by atoms with E-state index in [4.69, 9.17) is 10.3 Å². The average molecular weight is 269 g/mol. The SMILES string of the molecule is [N-]=[N+]=NCC1Cc2c(F)ccc(-c3ccccc3)c2O1. The minimum Gasteiger partial charge on any atom is -0.489 e. The number of fused-ring (bicyclic) bond motifs is 1. The van der Waals surface area contributed by atoms with Crippen molar-refractivity contribution in [2.75, 3.05) is 6.54 Å². The predicted octanol–water partition coefficient (Wildman–Crippen LogP) is 4.11. The molecule has 100 valence electrons. The fourth-order valence-electron chi connectivity index (χ4n) is 2.44. The summed E-state index contributed by atoms with van der Waals surface area (Å²) >= 11 is 0. The van der Waals surface area contributed by atoms with Gasteiger partial charge in [-0.25, -0.2) is 4.39 Å². The van der Waals surface area contributed by atoms with E-state index < -0.39 is 0 Å². The predicted molar refractivity (Wildman–Crippen MR) is 74.0 cm³/mol. The van der Waals surface area contributed by atoms with Crippen molar-refractivity contribution in [3.63, 3.8) is 0 Å². The lowest BCUT2D eigenvalue weighted by molar-refractivity contribution is 0.242. The van der Waals surface area contributed by atoms with E-state index in [1.165, 1.54) is 6.07 Å². The van der Waals surface area contributed by atoms with E-state index in [9.17, 15) is 4.39 Å². The van der Waals surface area contributed by atoms with E-state index in [0.717, 1.165) is 11.1 Å². The quantitative estimate of drug-likeness (QED) is 0.470. The standard InChI is InChI=1S/C15H12FN3O/c16-14-7-6-12(10-4-2-1-3-5-10)15-13(14)8-11(20-15)9-18-19-17/h1-7,11H,8-9H2. The molecule has 0 saturated heterocycles. The molecule has 0 bridgehead atoms. The number of rotatable bonds is 3. The lowest BCUT2D eigenvalue weighted by Gasteiger charge is -2.11. The topological polar surface area (TPSA) is 58.0 Å². The largest absolute Gasteiger partial charge is 0.489 e. The van der Waals surface area contributed by atoms with Gasteiger partial charge in [0.1, 0.15) is 17.7 Å². The molecule has 4 nitrogen and oxygen atoms in total. The molecule has 1 unspecified atom stereocenters. The van der Waals surface area contributed by atoms with Gasteiger partial charge >= 0.3 is 0 Å². The first-order chi connectivity index (χ1) is 9.79. The Bertz CT molecular complexity index is 681. The van der Waals surface area contributed by atoms with Crippen molar-refractivity contribution in [2.24, 2.45) is 5.11 Å². The van der Waals surface area contributed by atoms with Crippen LogP contribution in [-0.4, -0.2) is 12.6 Å². The van der Waals surface area contributed by atoms with Crippen molar-refractivity contribution in [3.8, 4) is 16.9 Å². The third-order valence-electron chi connectivity index (χ3n) is 3.35. The fraction of sp³-hybridized carbons (Fsp3) is 0.200. The number of nitrogens with zero attached hydrogens (tertiary/aromatic N) is 3. The molecular formula is C15H12FN3O. The van der Waals surface area contributed by atoms with E-state index in [-0.39, 0.29) is 18.5 Å². The van der Waals surface area contributed by atoms with Crippen LogP contribution in [0.3, 0.4) is 0 Å². The van der Waals surface area contributed by atoms with Crippen LogP contribution in [0.4, 0.5) is 4.39 Å². The maximum atomic E-state index is 13.9. The molecule has 0 radical (unpaired) electrons. The molecule has 0 fully saturated rings. The van der Waals surface area contributed by atoms with Crippen molar-refractivity contribution in [1.29, 1.82) is 0 Å². The molecule has 20 heavy (non-hydrogen) atoms. The van der Waals surface area contributed by atoms with Crippen LogP contribution in [0.25, 0.3) is 21.6 Å². The highest BCUT2D eigenvalue weighted by Crippen LogP contribution is 2.40. The number of ether oxygens (including phenoxy) is 1. The summed E-state index contributed by atoms with van der Waals surface area (Å²) in [5.74, 6) is 0.289. The van der Waals surface area contributed by atoms with Crippen LogP contribution in [0.1, 0.15) is 5.56 Å². The maximum Gasteiger partial charge on any atom is 0.133 e. The average Bonchev–Trinajstić information content (AvgIpc) is 2.91. The van der Waals surface area contributed by atoms with Gasteiger partial charge in [-0.1, -0.05) is 35.4 Å². The second-order valence-electron chi connectivity index (χ2n) is 4.63. The van der Waals surface area contributed by atoms with Crippen LogP contribution >= 0.6 is 0 Å². The second-order valence-corrected chi connectivity index (χ2v) is 4.63. The Morgan fingerprint density at radius 3 is 2.80 bits per heavy atom. The first-order valence-corrected chi connectivity index (χ1v) is 6.34.